The number of halogens is 1. The molecule has 5 rings (SSSR count). The van der Waals surface area contributed by atoms with Crippen LogP contribution in [0.4, 0.5) is 5.69 Å². The molecule has 1 aliphatic rings. The summed E-state index contributed by atoms with van der Waals surface area (Å²) in [4.78, 5) is 12.4. The average Bonchev–Trinajstić information content (AvgIpc) is 2.87. The zero-order chi connectivity index (χ0) is 19.6. The fraction of sp³-hybridized carbons (Fsp3) is 0.0952. The highest BCUT2D eigenvalue weighted by Crippen LogP contribution is 2.43. The number of aryl methyl sites for hydroxylation is 1. The lowest BCUT2D eigenvalue weighted by Gasteiger charge is -2.19. The number of benzene rings is 3. The highest BCUT2D eigenvalue weighted by atomic mass is 35.5. The van der Waals surface area contributed by atoms with Crippen molar-refractivity contribution in [1.29, 1.82) is 0 Å². The van der Waals surface area contributed by atoms with Gasteiger partial charge in [-0.05, 0) is 47.7 Å². The average molecular weight is 412 g/mol. The number of nitrogens with zero attached hydrogens (tertiary/aromatic N) is 1. The lowest BCUT2D eigenvalue weighted by molar-refractivity contribution is 0.558. The van der Waals surface area contributed by atoms with Crippen LogP contribution in [-0.4, -0.2) is 8.42 Å². The van der Waals surface area contributed by atoms with Crippen LogP contribution in [0, 0.1) is 6.92 Å². The second-order valence-electron chi connectivity index (χ2n) is 6.83. The standard InChI is InChI=1S/C21H14ClNO4S/c1-12-8-18-15(10-16(12)22)14(9-20(24)27-18)11-23-17-6-2-4-13-5-3-7-19(21(13)17)28(23,25)26/h2-10H,11H2,1H3. The molecule has 0 radical (unpaired) electrons. The maximum absolute atomic E-state index is 13.2. The maximum atomic E-state index is 13.2. The van der Waals surface area contributed by atoms with Crippen molar-refractivity contribution in [1.82, 2.24) is 0 Å². The zero-order valence-corrected chi connectivity index (χ0v) is 16.3. The summed E-state index contributed by atoms with van der Waals surface area (Å²) in [5.41, 5.74) is 1.78. The fourth-order valence-electron chi connectivity index (χ4n) is 3.76. The summed E-state index contributed by atoms with van der Waals surface area (Å²) in [5.74, 6) is 0. The SMILES string of the molecule is Cc1cc2oc(=O)cc(CN3c4cccc5cccc(c45)S3(=O)=O)c2cc1Cl. The van der Waals surface area contributed by atoms with E-state index in [1.165, 1.54) is 10.4 Å². The van der Waals surface area contributed by atoms with E-state index in [-0.39, 0.29) is 11.4 Å². The molecular formula is C21H14ClNO4S. The van der Waals surface area contributed by atoms with Crippen LogP contribution < -0.4 is 9.93 Å². The molecule has 1 aromatic heterocycles. The molecule has 0 fully saturated rings. The molecule has 2 heterocycles. The summed E-state index contributed by atoms with van der Waals surface area (Å²) in [7, 11) is -3.73. The van der Waals surface area contributed by atoms with E-state index in [1.54, 1.807) is 30.3 Å². The van der Waals surface area contributed by atoms with Gasteiger partial charge in [0.25, 0.3) is 10.0 Å². The lowest BCUT2D eigenvalue weighted by atomic mass is 10.1. The van der Waals surface area contributed by atoms with Crippen molar-refractivity contribution < 1.29 is 12.8 Å². The minimum absolute atomic E-state index is 0.0115. The largest absolute Gasteiger partial charge is 0.423 e. The number of anilines is 1. The van der Waals surface area contributed by atoms with Gasteiger partial charge >= 0.3 is 5.63 Å². The minimum Gasteiger partial charge on any atom is -0.423 e. The van der Waals surface area contributed by atoms with E-state index in [2.05, 4.69) is 0 Å². The van der Waals surface area contributed by atoms with Gasteiger partial charge in [0.05, 0.1) is 17.1 Å². The van der Waals surface area contributed by atoms with E-state index in [9.17, 15) is 13.2 Å². The predicted octanol–water partition coefficient (Wildman–Crippen LogP) is 4.62. The van der Waals surface area contributed by atoms with Crippen LogP contribution >= 0.6 is 11.6 Å². The Kier molecular flexibility index (Phi) is 3.60. The number of hydrogen-bond acceptors (Lipinski definition) is 4. The van der Waals surface area contributed by atoms with Crippen molar-refractivity contribution in [3.63, 3.8) is 0 Å². The summed E-state index contributed by atoms with van der Waals surface area (Å²) in [6.45, 7) is 1.83. The zero-order valence-electron chi connectivity index (χ0n) is 14.8. The number of fused-ring (bicyclic) bond motifs is 1. The molecule has 28 heavy (non-hydrogen) atoms. The van der Waals surface area contributed by atoms with E-state index in [0.29, 0.717) is 32.6 Å². The summed E-state index contributed by atoms with van der Waals surface area (Å²) in [6.07, 6.45) is 0. The van der Waals surface area contributed by atoms with Gasteiger partial charge < -0.3 is 4.42 Å². The second-order valence-corrected chi connectivity index (χ2v) is 9.07. The third kappa shape index (κ3) is 2.38. The number of hydrogen-bond donors (Lipinski definition) is 0. The number of rotatable bonds is 2. The molecule has 0 saturated carbocycles. The first-order valence-corrected chi connectivity index (χ1v) is 10.5. The summed E-state index contributed by atoms with van der Waals surface area (Å²) < 4.78 is 33.1. The Morgan fingerprint density at radius 2 is 1.82 bits per heavy atom. The van der Waals surface area contributed by atoms with Gasteiger partial charge in [-0.3, -0.25) is 4.31 Å². The molecule has 140 valence electrons. The van der Waals surface area contributed by atoms with Gasteiger partial charge in [0.1, 0.15) is 5.58 Å². The first kappa shape index (κ1) is 17.3. The van der Waals surface area contributed by atoms with E-state index in [0.717, 1.165) is 10.9 Å². The van der Waals surface area contributed by atoms with Gasteiger partial charge in [-0.1, -0.05) is 35.9 Å². The molecule has 1 aliphatic heterocycles. The molecule has 0 aliphatic carbocycles. The molecule has 0 unspecified atom stereocenters. The van der Waals surface area contributed by atoms with Crippen LogP contribution in [0.25, 0.3) is 21.7 Å². The quantitative estimate of drug-likeness (QED) is 0.451. The minimum atomic E-state index is -3.73. The molecule has 0 bridgehead atoms. The molecular weight excluding hydrogens is 398 g/mol. The molecule has 0 atom stereocenters. The maximum Gasteiger partial charge on any atom is 0.336 e. The Morgan fingerprint density at radius 3 is 2.61 bits per heavy atom. The van der Waals surface area contributed by atoms with Crippen LogP contribution in [0.1, 0.15) is 11.1 Å². The van der Waals surface area contributed by atoms with Crippen molar-refractivity contribution in [2.45, 2.75) is 18.4 Å². The molecule has 5 nitrogen and oxygen atoms in total. The highest BCUT2D eigenvalue weighted by molar-refractivity contribution is 7.93. The first-order valence-electron chi connectivity index (χ1n) is 8.63. The molecule has 7 heteroatoms. The van der Waals surface area contributed by atoms with Gasteiger partial charge in [-0.15, -0.1) is 0 Å². The van der Waals surface area contributed by atoms with E-state index in [4.69, 9.17) is 16.0 Å². The molecule has 4 aromatic rings. The Labute approximate surface area is 165 Å². The fourth-order valence-corrected chi connectivity index (χ4v) is 5.61. The van der Waals surface area contributed by atoms with Gasteiger partial charge in [0.15, 0.2) is 0 Å². The van der Waals surface area contributed by atoms with Crippen LogP contribution in [-0.2, 0) is 16.6 Å². The number of sulfonamides is 1. The van der Waals surface area contributed by atoms with Crippen molar-refractivity contribution in [3.8, 4) is 0 Å². The topological polar surface area (TPSA) is 67.6 Å². The third-order valence-electron chi connectivity index (χ3n) is 5.10. The van der Waals surface area contributed by atoms with E-state index >= 15 is 0 Å². The van der Waals surface area contributed by atoms with E-state index in [1.807, 2.05) is 25.1 Å². The highest BCUT2D eigenvalue weighted by Gasteiger charge is 2.35. The smallest absolute Gasteiger partial charge is 0.336 e. The molecule has 0 saturated heterocycles. The summed E-state index contributed by atoms with van der Waals surface area (Å²) in [5, 5.41) is 2.70. The first-order chi connectivity index (χ1) is 13.4. The summed E-state index contributed by atoms with van der Waals surface area (Å²) in [6, 6.07) is 15.4. The molecule has 3 aromatic carbocycles. The Morgan fingerprint density at radius 1 is 1.07 bits per heavy atom. The van der Waals surface area contributed by atoms with Gasteiger partial charge in [-0.2, -0.15) is 0 Å². The Balaban J connectivity index is 1.74. The third-order valence-corrected chi connectivity index (χ3v) is 7.31. The van der Waals surface area contributed by atoms with Gasteiger partial charge in [-0.25, -0.2) is 13.2 Å². The Bertz CT molecular complexity index is 1450. The van der Waals surface area contributed by atoms with Gasteiger partial charge in [0.2, 0.25) is 0 Å². The van der Waals surface area contributed by atoms with Crippen LogP contribution in [0.5, 0.6) is 0 Å². The molecule has 0 amide bonds. The predicted molar refractivity (Wildman–Crippen MR) is 110 cm³/mol. The summed E-state index contributed by atoms with van der Waals surface area (Å²) >= 11 is 6.26. The monoisotopic (exact) mass is 411 g/mol. The molecule has 0 spiro atoms. The molecule has 0 N–H and O–H groups in total. The Hall–Kier alpha value is -2.83. The normalized spacial score (nSPS) is 14.9. The van der Waals surface area contributed by atoms with E-state index < -0.39 is 15.6 Å². The van der Waals surface area contributed by atoms with Crippen LogP contribution in [0.15, 0.2) is 68.7 Å². The van der Waals surface area contributed by atoms with Crippen LogP contribution in [0.3, 0.4) is 0 Å². The van der Waals surface area contributed by atoms with Crippen molar-refractivity contribution in [2.75, 3.05) is 4.31 Å². The second kappa shape index (κ2) is 5.83. The van der Waals surface area contributed by atoms with Crippen molar-refractivity contribution in [3.05, 3.63) is 81.2 Å². The lowest BCUT2D eigenvalue weighted by Crippen LogP contribution is -2.27. The van der Waals surface area contributed by atoms with Crippen molar-refractivity contribution in [2.24, 2.45) is 0 Å². The van der Waals surface area contributed by atoms with Crippen LogP contribution in [0.2, 0.25) is 5.02 Å². The van der Waals surface area contributed by atoms with Crippen molar-refractivity contribution >= 4 is 49.1 Å². The van der Waals surface area contributed by atoms with Gasteiger partial charge in [0, 0.05) is 21.9 Å².